The van der Waals surface area contributed by atoms with Crippen LogP contribution in [0.4, 0.5) is 0 Å². The zero-order chi connectivity index (χ0) is 14.8. The van der Waals surface area contributed by atoms with Gasteiger partial charge in [-0.05, 0) is 24.4 Å². The van der Waals surface area contributed by atoms with Gasteiger partial charge in [0, 0.05) is 17.0 Å². The van der Waals surface area contributed by atoms with E-state index < -0.39 is 0 Å². The predicted octanol–water partition coefficient (Wildman–Crippen LogP) is 4.53. The van der Waals surface area contributed by atoms with Crippen molar-refractivity contribution in [1.82, 2.24) is 10.3 Å². The summed E-state index contributed by atoms with van der Waals surface area (Å²) in [5, 5.41) is 4.49. The Bertz CT molecular complexity index is 562. The lowest BCUT2D eigenvalue weighted by Gasteiger charge is -2.18. The zero-order valence-electron chi connectivity index (χ0n) is 13.1. The summed E-state index contributed by atoms with van der Waals surface area (Å²) in [6.45, 7) is 12.9. The molecule has 0 aliphatic heterocycles. The van der Waals surface area contributed by atoms with Gasteiger partial charge in [-0.25, -0.2) is 4.98 Å². The SMILES string of the molecule is CCNCc1sc(-c2ccc(C(C)(C)C)cc2)nc1C. The molecule has 0 aliphatic rings. The van der Waals surface area contributed by atoms with Gasteiger partial charge >= 0.3 is 0 Å². The number of benzene rings is 1. The molecule has 0 radical (unpaired) electrons. The van der Waals surface area contributed by atoms with Gasteiger partial charge in [0.2, 0.25) is 0 Å². The maximum absolute atomic E-state index is 4.70. The highest BCUT2D eigenvalue weighted by molar-refractivity contribution is 7.15. The van der Waals surface area contributed by atoms with Gasteiger partial charge in [-0.2, -0.15) is 0 Å². The summed E-state index contributed by atoms with van der Waals surface area (Å²) in [5.41, 5.74) is 3.93. The zero-order valence-corrected chi connectivity index (χ0v) is 13.9. The standard InChI is InChI=1S/C17H24N2S/c1-6-18-11-15-12(2)19-16(20-15)13-7-9-14(10-8-13)17(3,4)5/h7-10,18H,6,11H2,1-5H3. The van der Waals surface area contributed by atoms with Gasteiger partial charge < -0.3 is 5.32 Å². The van der Waals surface area contributed by atoms with Crippen LogP contribution in [0.1, 0.15) is 43.8 Å². The van der Waals surface area contributed by atoms with E-state index in [2.05, 4.69) is 64.2 Å². The quantitative estimate of drug-likeness (QED) is 0.894. The molecule has 1 heterocycles. The molecular weight excluding hydrogens is 264 g/mol. The van der Waals surface area contributed by atoms with Crippen molar-refractivity contribution in [3.05, 3.63) is 40.4 Å². The van der Waals surface area contributed by atoms with Crippen LogP contribution < -0.4 is 5.32 Å². The second kappa shape index (κ2) is 6.06. The second-order valence-electron chi connectivity index (χ2n) is 6.14. The van der Waals surface area contributed by atoms with E-state index in [0.29, 0.717) is 0 Å². The van der Waals surface area contributed by atoms with Crippen LogP contribution in [0.5, 0.6) is 0 Å². The fraction of sp³-hybridized carbons (Fsp3) is 0.471. The molecule has 0 aliphatic carbocycles. The van der Waals surface area contributed by atoms with Crippen LogP contribution in [0, 0.1) is 6.92 Å². The molecule has 1 aromatic heterocycles. The van der Waals surface area contributed by atoms with Crippen LogP contribution in [0.2, 0.25) is 0 Å². The highest BCUT2D eigenvalue weighted by atomic mass is 32.1. The largest absolute Gasteiger partial charge is 0.312 e. The fourth-order valence-electron chi connectivity index (χ4n) is 2.07. The van der Waals surface area contributed by atoms with Crippen molar-refractivity contribution >= 4 is 11.3 Å². The Hall–Kier alpha value is -1.19. The second-order valence-corrected chi connectivity index (χ2v) is 7.22. The van der Waals surface area contributed by atoms with Gasteiger partial charge in [0.1, 0.15) is 5.01 Å². The van der Waals surface area contributed by atoms with Crippen molar-refractivity contribution in [1.29, 1.82) is 0 Å². The molecule has 0 amide bonds. The highest BCUT2D eigenvalue weighted by Crippen LogP contribution is 2.30. The maximum Gasteiger partial charge on any atom is 0.123 e. The Kier molecular flexibility index (Phi) is 4.61. The van der Waals surface area contributed by atoms with Gasteiger partial charge in [-0.15, -0.1) is 11.3 Å². The van der Waals surface area contributed by atoms with Gasteiger partial charge in [-0.1, -0.05) is 52.0 Å². The number of aromatic nitrogens is 1. The van der Waals surface area contributed by atoms with E-state index >= 15 is 0 Å². The van der Waals surface area contributed by atoms with Crippen molar-refractivity contribution in [2.75, 3.05) is 6.54 Å². The molecule has 108 valence electrons. The molecule has 3 heteroatoms. The molecule has 2 aromatic rings. The van der Waals surface area contributed by atoms with Crippen molar-refractivity contribution in [2.45, 2.75) is 46.6 Å². The first-order valence-corrected chi connectivity index (χ1v) is 8.01. The molecule has 1 N–H and O–H groups in total. The monoisotopic (exact) mass is 288 g/mol. The topological polar surface area (TPSA) is 24.9 Å². The summed E-state index contributed by atoms with van der Waals surface area (Å²) in [6.07, 6.45) is 0. The van der Waals surface area contributed by atoms with E-state index in [-0.39, 0.29) is 5.41 Å². The number of rotatable bonds is 4. The molecule has 2 nitrogen and oxygen atoms in total. The first kappa shape index (κ1) is 15.2. The van der Waals surface area contributed by atoms with Crippen molar-refractivity contribution in [2.24, 2.45) is 0 Å². The molecule has 0 fully saturated rings. The third-order valence-corrected chi connectivity index (χ3v) is 4.63. The normalized spacial score (nSPS) is 11.8. The number of hydrogen-bond donors (Lipinski definition) is 1. The van der Waals surface area contributed by atoms with Crippen molar-refractivity contribution in [3.63, 3.8) is 0 Å². The Morgan fingerprint density at radius 2 is 1.80 bits per heavy atom. The van der Waals surface area contributed by atoms with E-state index in [1.54, 1.807) is 11.3 Å². The lowest BCUT2D eigenvalue weighted by molar-refractivity contribution is 0.590. The summed E-state index contributed by atoms with van der Waals surface area (Å²) in [6, 6.07) is 8.82. The molecule has 20 heavy (non-hydrogen) atoms. The van der Waals surface area contributed by atoms with E-state index in [1.807, 2.05) is 0 Å². The van der Waals surface area contributed by atoms with Crippen molar-refractivity contribution < 1.29 is 0 Å². The van der Waals surface area contributed by atoms with Crippen molar-refractivity contribution in [3.8, 4) is 10.6 Å². The van der Waals surface area contributed by atoms with Crippen LogP contribution >= 0.6 is 11.3 Å². The number of aryl methyl sites for hydroxylation is 1. The fourth-order valence-corrected chi connectivity index (χ4v) is 3.10. The summed E-state index contributed by atoms with van der Waals surface area (Å²) >= 11 is 1.79. The van der Waals surface area contributed by atoms with Gasteiger partial charge in [0.25, 0.3) is 0 Å². The minimum Gasteiger partial charge on any atom is -0.312 e. The average molecular weight is 288 g/mol. The first-order chi connectivity index (χ1) is 9.41. The van der Waals surface area contributed by atoms with E-state index in [9.17, 15) is 0 Å². The summed E-state index contributed by atoms with van der Waals surface area (Å²) in [4.78, 5) is 6.04. The molecule has 0 unspecified atom stereocenters. The van der Waals surface area contributed by atoms with Crippen LogP contribution in [-0.2, 0) is 12.0 Å². The number of nitrogens with one attached hydrogen (secondary N) is 1. The van der Waals surface area contributed by atoms with Gasteiger partial charge in [0.05, 0.1) is 5.69 Å². The molecule has 0 saturated carbocycles. The number of nitrogens with zero attached hydrogens (tertiary/aromatic N) is 1. The Labute approximate surface area is 126 Å². The van der Waals surface area contributed by atoms with Crippen LogP contribution in [0.3, 0.4) is 0 Å². The van der Waals surface area contributed by atoms with E-state index in [1.165, 1.54) is 16.0 Å². The lowest BCUT2D eigenvalue weighted by atomic mass is 9.87. The molecule has 0 atom stereocenters. The summed E-state index contributed by atoms with van der Waals surface area (Å²) < 4.78 is 0. The van der Waals surface area contributed by atoms with Crippen LogP contribution in [0.25, 0.3) is 10.6 Å². The summed E-state index contributed by atoms with van der Waals surface area (Å²) in [5.74, 6) is 0. The molecule has 1 aromatic carbocycles. The lowest BCUT2D eigenvalue weighted by Crippen LogP contribution is -2.11. The minimum atomic E-state index is 0.202. The Morgan fingerprint density at radius 3 is 2.35 bits per heavy atom. The van der Waals surface area contributed by atoms with Crippen LogP contribution in [-0.4, -0.2) is 11.5 Å². The third-order valence-electron chi connectivity index (χ3n) is 3.43. The van der Waals surface area contributed by atoms with Gasteiger partial charge in [-0.3, -0.25) is 0 Å². The summed E-state index contributed by atoms with van der Waals surface area (Å²) in [7, 11) is 0. The average Bonchev–Trinajstić information content (AvgIpc) is 2.77. The molecule has 0 spiro atoms. The smallest absolute Gasteiger partial charge is 0.123 e. The highest BCUT2D eigenvalue weighted by Gasteiger charge is 2.14. The third kappa shape index (κ3) is 3.47. The van der Waals surface area contributed by atoms with E-state index in [0.717, 1.165) is 23.8 Å². The molecule has 2 rings (SSSR count). The molecule has 0 saturated heterocycles. The Morgan fingerprint density at radius 1 is 1.15 bits per heavy atom. The molecular formula is C17H24N2S. The minimum absolute atomic E-state index is 0.202. The predicted molar refractivity (Wildman–Crippen MR) is 88.4 cm³/mol. The first-order valence-electron chi connectivity index (χ1n) is 7.19. The number of hydrogen-bond acceptors (Lipinski definition) is 3. The Balaban J connectivity index is 2.24. The number of thiazole rings is 1. The van der Waals surface area contributed by atoms with Gasteiger partial charge in [0.15, 0.2) is 0 Å². The maximum atomic E-state index is 4.70. The molecule has 0 bridgehead atoms. The van der Waals surface area contributed by atoms with E-state index in [4.69, 9.17) is 4.98 Å². The van der Waals surface area contributed by atoms with Crippen LogP contribution in [0.15, 0.2) is 24.3 Å².